The van der Waals surface area contributed by atoms with Crippen LogP contribution >= 0.6 is 0 Å². The van der Waals surface area contributed by atoms with Crippen molar-refractivity contribution in [1.82, 2.24) is 9.78 Å². The van der Waals surface area contributed by atoms with Crippen molar-refractivity contribution in [2.24, 2.45) is 18.9 Å². The average molecular weight is 234 g/mol. The van der Waals surface area contributed by atoms with Gasteiger partial charge in [0.15, 0.2) is 0 Å². The molecule has 1 aliphatic rings. The Balaban J connectivity index is 2.00. The highest BCUT2D eigenvalue weighted by Crippen LogP contribution is 2.31. The summed E-state index contributed by atoms with van der Waals surface area (Å²) in [6.45, 7) is 4.33. The Morgan fingerprint density at radius 3 is 2.82 bits per heavy atom. The van der Waals surface area contributed by atoms with Gasteiger partial charge in [-0.15, -0.1) is 0 Å². The summed E-state index contributed by atoms with van der Waals surface area (Å²) in [6.07, 6.45) is 4.86. The van der Waals surface area contributed by atoms with Crippen molar-refractivity contribution in [3.8, 4) is 0 Å². The molecular formula is C14H22N2O. The number of hydrogen-bond acceptors (Lipinski definition) is 2. The largest absolute Gasteiger partial charge is 0.299 e. The van der Waals surface area contributed by atoms with Crippen LogP contribution in [0.5, 0.6) is 0 Å². The summed E-state index contributed by atoms with van der Waals surface area (Å²) in [5.74, 6) is 1.42. The molecule has 2 unspecified atom stereocenters. The van der Waals surface area contributed by atoms with Crippen LogP contribution in [0.15, 0.2) is 6.07 Å². The van der Waals surface area contributed by atoms with E-state index in [2.05, 4.69) is 25.0 Å². The molecule has 0 bridgehead atoms. The number of ketones is 1. The molecule has 1 aromatic rings. The van der Waals surface area contributed by atoms with Gasteiger partial charge in [-0.05, 0) is 37.7 Å². The second-order valence-corrected chi connectivity index (χ2v) is 5.36. The van der Waals surface area contributed by atoms with E-state index in [-0.39, 0.29) is 0 Å². The summed E-state index contributed by atoms with van der Waals surface area (Å²) in [7, 11) is 1.93. The SMILES string of the molecule is CCc1cc(CC(=O)C2CCC(C)C2)n(C)n1. The number of aromatic nitrogens is 2. The smallest absolute Gasteiger partial charge is 0.141 e. The van der Waals surface area contributed by atoms with Crippen LogP contribution in [0.1, 0.15) is 44.5 Å². The quantitative estimate of drug-likeness (QED) is 0.802. The fourth-order valence-electron chi connectivity index (χ4n) is 2.73. The van der Waals surface area contributed by atoms with Gasteiger partial charge >= 0.3 is 0 Å². The van der Waals surface area contributed by atoms with Crippen LogP contribution in [0.2, 0.25) is 0 Å². The van der Waals surface area contributed by atoms with Gasteiger partial charge in [0.2, 0.25) is 0 Å². The van der Waals surface area contributed by atoms with E-state index in [4.69, 9.17) is 0 Å². The normalized spacial score (nSPS) is 24.2. The molecule has 0 aliphatic heterocycles. The van der Waals surface area contributed by atoms with Gasteiger partial charge in [0, 0.05) is 25.1 Å². The fraction of sp³-hybridized carbons (Fsp3) is 0.714. The molecule has 1 aliphatic carbocycles. The van der Waals surface area contributed by atoms with Crippen LogP contribution in [0.25, 0.3) is 0 Å². The summed E-state index contributed by atoms with van der Waals surface area (Å²) in [5.41, 5.74) is 2.14. The van der Waals surface area contributed by atoms with Crippen molar-refractivity contribution in [3.05, 3.63) is 17.5 Å². The minimum absolute atomic E-state index is 0.296. The van der Waals surface area contributed by atoms with Crippen LogP contribution in [-0.2, 0) is 24.7 Å². The van der Waals surface area contributed by atoms with E-state index in [0.29, 0.717) is 18.1 Å². The van der Waals surface area contributed by atoms with Gasteiger partial charge in [0.25, 0.3) is 0 Å². The number of carbonyl (C=O) groups is 1. The fourth-order valence-corrected chi connectivity index (χ4v) is 2.73. The highest BCUT2D eigenvalue weighted by atomic mass is 16.1. The van der Waals surface area contributed by atoms with E-state index < -0.39 is 0 Å². The Morgan fingerprint density at radius 2 is 2.29 bits per heavy atom. The number of rotatable bonds is 4. The van der Waals surface area contributed by atoms with Crippen molar-refractivity contribution >= 4 is 5.78 Å². The molecule has 94 valence electrons. The van der Waals surface area contributed by atoms with Gasteiger partial charge in [-0.2, -0.15) is 5.10 Å². The third kappa shape index (κ3) is 2.76. The molecule has 1 saturated carbocycles. The maximum Gasteiger partial charge on any atom is 0.141 e. The van der Waals surface area contributed by atoms with Gasteiger partial charge in [-0.25, -0.2) is 0 Å². The van der Waals surface area contributed by atoms with E-state index in [0.717, 1.165) is 36.6 Å². The van der Waals surface area contributed by atoms with Crippen molar-refractivity contribution in [2.45, 2.75) is 46.0 Å². The minimum Gasteiger partial charge on any atom is -0.299 e. The van der Waals surface area contributed by atoms with Crippen molar-refractivity contribution < 1.29 is 4.79 Å². The van der Waals surface area contributed by atoms with E-state index in [1.807, 2.05) is 11.7 Å². The molecule has 0 N–H and O–H groups in total. The van der Waals surface area contributed by atoms with Crippen LogP contribution in [0.4, 0.5) is 0 Å². The van der Waals surface area contributed by atoms with E-state index in [1.165, 1.54) is 6.42 Å². The Bertz CT molecular complexity index is 408. The molecule has 1 heterocycles. The zero-order valence-electron chi connectivity index (χ0n) is 11.1. The van der Waals surface area contributed by atoms with Gasteiger partial charge in [-0.1, -0.05) is 13.8 Å². The standard InChI is InChI=1S/C14H22N2O/c1-4-12-8-13(16(3)15-12)9-14(17)11-6-5-10(2)7-11/h8,10-11H,4-7,9H2,1-3H3. The van der Waals surface area contributed by atoms with Gasteiger partial charge < -0.3 is 0 Å². The topological polar surface area (TPSA) is 34.9 Å². The average Bonchev–Trinajstić information content (AvgIpc) is 2.86. The first-order valence-corrected chi connectivity index (χ1v) is 6.64. The zero-order chi connectivity index (χ0) is 12.4. The molecule has 2 atom stereocenters. The van der Waals surface area contributed by atoms with Gasteiger partial charge in [-0.3, -0.25) is 9.48 Å². The Hall–Kier alpha value is -1.12. The lowest BCUT2D eigenvalue weighted by Crippen LogP contribution is -2.15. The predicted octanol–water partition coefficient (Wildman–Crippen LogP) is 2.53. The van der Waals surface area contributed by atoms with Crippen LogP contribution in [0.3, 0.4) is 0 Å². The molecule has 17 heavy (non-hydrogen) atoms. The highest BCUT2D eigenvalue weighted by Gasteiger charge is 2.27. The number of hydrogen-bond donors (Lipinski definition) is 0. The van der Waals surface area contributed by atoms with Crippen LogP contribution in [0, 0.1) is 11.8 Å². The summed E-state index contributed by atoms with van der Waals surface area (Å²) < 4.78 is 1.86. The third-order valence-electron chi connectivity index (χ3n) is 3.90. The van der Waals surface area contributed by atoms with E-state index >= 15 is 0 Å². The maximum absolute atomic E-state index is 12.2. The summed E-state index contributed by atoms with van der Waals surface area (Å²) in [5, 5.41) is 4.39. The second kappa shape index (κ2) is 5.03. The lowest BCUT2D eigenvalue weighted by Gasteiger charge is -2.08. The highest BCUT2D eigenvalue weighted by molar-refractivity contribution is 5.83. The molecule has 1 aromatic heterocycles. The molecule has 3 nitrogen and oxygen atoms in total. The third-order valence-corrected chi connectivity index (χ3v) is 3.90. The summed E-state index contributed by atoms with van der Waals surface area (Å²) >= 11 is 0. The maximum atomic E-state index is 12.2. The van der Waals surface area contributed by atoms with Crippen molar-refractivity contribution in [2.75, 3.05) is 0 Å². The molecule has 0 radical (unpaired) electrons. The predicted molar refractivity (Wildman–Crippen MR) is 67.8 cm³/mol. The van der Waals surface area contributed by atoms with Gasteiger partial charge in [0.05, 0.1) is 5.69 Å². The summed E-state index contributed by atoms with van der Waals surface area (Å²) in [4.78, 5) is 12.2. The molecule has 0 saturated heterocycles. The molecule has 0 spiro atoms. The van der Waals surface area contributed by atoms with Crippen molar-refractivity contribution in [3.63, 3.8) is 0 Å². The van der Waals surface area contributed by atoms with Crippen LogP contribution < -0.4 is 0 Å². The number of carbonyl (C=O) groups excluding carboxylic acids is 1. The monoisotopic (exact) mass is 234 g/mol. The lowest BCUT2D eigenvalue weighted by atomic mass is 9.97. The Labute approximate surface area is 103 Å². The van der Waals surface area contributed by atoms with Gasteiger partial charge in [0.1, 0.15) is 5.78 Å². The molecule has 3 heteroatoms. The molecule has 0 aromatic carbocycles. The number of aryl methyl sites for hydroxylation is 2. The molecule has 0 amide bonds. The first kappa shape index (κ1) is 12.3. The second-order valence-electron chi connectivity index (χ2n) is 5.36. The molecular weight excluding hydrogens is 212 g/mol. The first-order chi connectivity index (χ1) is 8.10. The number of nitrogens with zero attached hydrogens (tertiary/aromatic N) is 2. The lowest BCUT2D eigenvalue weighted by molar-refractivity contribution is -0.122. The summed E-state index contributed by atoms with van der Waals surface area (Å²) in [6, 6.07) is 2.07. The Kier molecular flexibility index (Phi) is 3.65. The number of Topliss-reactive ketones (excluding diaryl/α,β-unsaturated/α-hetero) is 1. The minimum atomic E-state index is 0.296. The molecule has 2 rings (SSSR count). The first-order valence-electron chi connectivity index (χ1n) is 6.64. The molecule has 1 fully saturated rings. The van der Waals surface area contributed by atoms with Crippen LogP contribution in [-0.4, -0.2) is 15.6 Å². The van der Waals surface area contributed by atoms with Crippen molar-refractivity contribution in [1.29, 1.82) is 0 Å². The van der Waals surface area contributed by atoms with E-state index in [9.17, 15) is 4.79 Å². The van der Waals surface area contributed by atoms with E-state index in [1.54, 1.807) is 0 Å². The Morgan fingerprint density at radius 1 is 1.53 bits per heavy atom. The zero-order valence-corrected chi connectivity index (χ0v) is 11.1.